The first-order valence-electron chi connectivity index (χ1n) is 29.4. The lowest BCUT2D eigenvalue weighted by atomic mass is 10.1. The van der Waals surface area contributed by atoms with Gasteiger partial charge in [0.2, 0.25) is 5.91 Å². The minimum Gasteiger partial charge on any atom is -0.466 e. The van der Waals surface area contributed by atoms with Gasteiger partial charge in [0.05, 0.1) is 25.4 Å². The maximum absolute atomic E-state index is 12.4. The van der Waals surface area contributed by atoms with Gasteiger partial charge in [-0.25, -0.2) is 0 Å². The molecule has 6 nitrogen and oxygen atoms in total. The Bertz CT molecular complexity index is 1130. The van der Waals surface area contributed by atoms with Crippen molar-refractivity contribution in [2.24, 2.45) is 0 Å². The number of allylic oxidation sites excluding steroid dienone is 7. The van der Waals surface area contributed by atoms with Gasteiger partial charge in [-0.15, -0.1) is 0 Å². The summed E-state index contributed by atoms with van der Waals surface area (Å²) in [5.41, 5.74) is 0. The van der Waals surface area contributed by atoms with Crippen LogP contribution in [0.4, 0.5) is 0 Å². The average Bonchev–Trinajstić information content (AvgIpc) is 3.33. The van der Waals surface area contributed by atoms with Gasteiger partial charge in [0, 0.05) is 12.8 Å². The van der Waals surface area contributed by atoms with Crippen molar-refractivity contribution < 1.29 is 24.5 Å². The van der Waals surface area contributed by atoms with E-state index < -0.39 is 12.1 Å². The molecule has 0 aromatic carbocycles. The Labute approximate surface area is 416 Å². The topological polar surface area (TPSA) is 95.9 Å². The number of ether oxygens (including phenoxy) is 1. The molecule has 67 heavy (non-hydrogen) atoms. The Morgan fingerprint density at radius 3 is 1.15 bits per heavy atom. The zero-order valence-electron chi connectivity index (χ0n) is 44.6. The second kappa shape index (κ2) is 56.4. The molecule has 0 saturated carbocycles. The summed E-state index contributed by atoms with van der Waals surface area (Å²) in [6.45, 7) is 4.87. The summed E-state index contributed by atoms with van der Waals surface area (Å²) in [5, 5.41) is 23.0. The van der Waals surface area contributed by atoms with Crippen LogP contribution in [0.1, 0.15) is 303 Å². The maximum Gasteiger partial charge on any atom is 0.305 e. The van der Waals surface area contributed by atoms with Crippen LogP contribution in [0.15, 0.2) is 48.6 Å². The Hall–Kier alpha value is -2.18. The number of hydrogen-bond acceptors (Lipinski definition) is 5. The van der Waals surface area contributed by atoms with Crippen molar-refractivity contribution in [2.75, 3.05) is 13.2 Å². The van der Waals surface area contributed by atoms with E-state index in [1.807, 2.05) is 6.08 Å². The summed E-state index contributed by atoms with van der Waals surface area (Å²) >= 11 is 0. The standard InChI is InChI=1S/C61H113NO5/c1-3-5-7-9-11-13-15-16-17-25-29-32-35-39-43-47-51-55-61(66)67-56-52-48-44-40-36-33-30-27-24-22-20-18-19-21-23-26-28-31-34-38-42-46-50-54-60(65)62-58(57-63)59(64)53-49-45-41-37-14-12-10-8-6-4-2/h16-18,20-21,23,49,53,58-59,63-64H,3-15,19,22,24-48,50-52,54-57H2,1-2H3,(H,62,65)/b17-16-,20-18-,23-21-,53-49+. The van der Waals surface area contributed by atoms with Gasteiger partial charge in [-0.3, -0.25) is 9.59 Å². The number of aliphatic hydroxyl groups is 2. The van der Waals surface area contributed by atoms with Gasteiger partial charge in [0.1, 0.15) is 0 Å². The fraction of sp³-hybridized carbons (Fsp3) is 0.836. The Kier molecular flexibility index (Phi) is 54.6. The minimum absolute atomic E-state index is 0.00256. The third-order valence-electron chi connectivity index (χ3n) is 13.3. The smallest absolute Gasteiger partial charge is 0.305 e. The lowest BCUT2D eigenvalue weighted by molar-refractivity contribution is -0.143. The predicted octanol–water partition coefficient (Wildman–Crippen LogP) is 18.2. The quantitative estimate of drug-likeness (QED) is 0.0321. The van der Waals surface area contributed by atoms with Crippen molar-refractivity contribution in [3.63, 3.8) is 0 Å². The molecule has 2 unspecified atom stereocenters. The van der Waals surface area contributed by atoms with Crippen molar-refractivity contribution in [3.05, 3.63) is 48.6 Å². The summed E-state index contributed by atoms with van der Waals surface area (Å²) in [5.74, 6) is -0.0785. The molecule has 0 aromatic heterocycles. The molecule has 0 aliphatic rings. The molecule has 6 heteroatoms. The number of aliphatic hydroxyl groups excluding tert-OH is 2. The third-order valence-corrected chi connectivity index (χ3v) is 13.3. The van der Waals surface area contributed by atoms with Crippen molar-refractivity contribution >= 4 is 11.9 Å². The van der Waals surface area contributed by atoms with Gasteiger partial charge >= 0.3 is 5.97 Å². The molecular formula is C61H113NO5. The van der Waals surface area contributed by atoms with Gasteiger partial charge in [-0.2, -0.15) is 0 Å². The first-order chi connectivity index (χ1) is 33.0. The molecule has 0 saturated heterocycles. The van der Waals surface area contributed by atoms with Crippen LogP contribution in [0.2, 0.25) is 0 Å². The van der Waals surface area contributed by atoms with Crippen molar-refractivity contribution in [1.29, 1.82) is 0 Å². The number of carbonyl (C=O) groups is 2. The van der Waals surface area contributed by atoms with E-state index in [0.717, 1.165) is 64.2 Å². The highest BCUT2D eigenvalue weighted by Gasteiger charge is 2.18. The van der Waals surface area contributed by atoms with Crippen molar-refractivity contribution in [3.8, 4) is 0 Å². The molecule has 0 rings (SSSR count). The lowest BCUT2D eigenvalue weighted by Crippen LogP contribution is -2.45. The highest BCUT2D eigenvalue weighted by atomic mass is 16.5. The number of esters is 1. The molecule has 0 aliphatic carbocycles. The fourth-order valence-electron chi connectivity index (χ4n) is 8.78. The summed E-state index contributed by atoms with van der Waals surface area (Å²) in [4.78, 5) is 24.5. The molecule has 392 valence electrons. The molecule has 3 N–H and O–H groups in total. The van der Waals surface area contributed by atoms with Crippen LogP contribution >= 0.6 is 0 Å². The van der Waals surface area contributed by atoms with Crippen LogP contribution in [-0.4, -0.2) is 47.4 Å². The maximum atomic E-state index is 12.4. The van der Waals surface area contributed by atoms with E-state index in [-0.39, 0.29) is 18.5 Å². The molecule has 0 heterocycles. The normalized spacial score (nSPS) is 13.0. The van der Waals surface area contributed by atoms with Crippen LogP contribution in [0, 0.1) is 0 Å². The second-order valence-electron chi connectivity index (χ2n) is 20.0. The lowest BCUT2D eigenvalue weighted by Gasteiger charge is -2.20. The van der Waals surface area contributed by atoms with Gasteiger partial charge in [0.25, 0.3) is 0 Å². The van der Waals surface area contributed by atoms with Gasteiger partial charge in [-0.1, -0.05) is 249 Å². The monoisotopic (exact) mass is 940 g/mol. The van der Waals surface area contributed by atoms with E-state index in [9.17, 15) is 19.8 Å². The highest BCUT2D eigenvalue weighted by molar-refractivity contribution is 5.76. The van der Waals surface area contributed by atoms with Crippen LogP contribution in [0.25, 0.3) is 0 Å². The van der Waals surface area contributed by atoms with Crippen LogP contribution in [-0.2, 0) is 14.3 Å². The third kappa shape index (κ3) is 53.0. The SMILES string of the molecule is CCCCCCCC/C=C\CCCCCCCCCC(=O)OCCCCCCCCCCC/C=C\C/C=C\CCCCCCCCCC(=O)NC(CO)C(O)/C=C/CCCCCCCCCC. The molecule has 0 spiro atoms. The zero-order valence-corrected chi connectivity index (χ0v) is 44.6. The number of unbranched alkanes of at least 4 members (excludes halogenated alkanes) is 37. The summed E-state index contributed by atoms with van der Waals surface area (Å²) in [6.07, 6.45) is 71.4. The second-order valence-corrected chi connectivity index (χ2v) is 20.0. The molecule has 0 aliphatic heterocycles. The van der Waals surface area contributed by atoms with E-state index in [2.05, 4.69) is 55.6 Å². The Morgan fingerprint density at radius 2 is 0.746 bits per heavy atom. The number of amides is 1. The molecule has 0 bridgehead atoms. The van der Waals surface area contributed by atoms with Crippen LogP contribution in [0.5, 0.6) is 0 Å². The first-order valence-corrected chi connectivity index (χ1v) is 29.4. The summed E-state index contributed by atoms with van der Waals surface area (Å²) in [7, 11) is 0. The van der Waals surface area contributed by atoms with E-state index >= 15 is 0 Å². The molecule has 0 aromatic rings. The number of nitrogens with one attached hydrogen (secondary N) is 1. The number of carbonyl (C=O) groups excluding carboxylic acids is 2. The number of rotatable bonds is 54. The van der Waals surface area contributed by atoms with E-state index in [1.54, 1.807) is 6.08 Å². The zero-order chi connectivity index (χ0) is 48.6. The van der Waals surface area contributed by atoms with Gasteiger partial charge in [0.15, 0.2) is 0 Å². The molecule has 2 atom stereocenters. The van der Waals surface area contributed by atoms with Crippen LogP contribution < -0.4 is 5.32 Å². The van der Waals surface area contributed by atoms with E-state index in [4.69, 9.17) is 4.74 Å². The Balaban J connectivity index is 3.44. The van der Waals surface area contributed by atoms with Crippen LogP contribution in [0.3, 0.4) is 0 Å². The van der Waals surface area contributed by atoms with Crippen molar-refractivity contribution in [2.45, 2.75) is 315 Å². The molecule has 0 fully saturated rings. The van der Waals surface area contributed by atoms with Crippen molar-refractivity contribution in [1.82, 2.24) is 5.32 Å². The fourth-order valence-corrected chi connectivity index (χ4v) is 8.78. The summed E-state index contributed by atoms with van der Waals surface area (Å²) < 4.78 is 5.48. The van der Waals surface area contributed by atoms with Gasteiger partial charge in [-0.05, 0) is 89.9 Å². The highest BCUT2D eigenvalue weighted by Crippen LogP contribution is 2.15. The average molecular weight is 941 g/mol. The first kappa shape index (κ1) is 64.8. The van der Waals surface area contributed by atoms with E-state index in [1.165, 1.54) is 212 Å². The molecular weight excluding hydrogens is 827 g/mol. The molecule has 0 radical (unpaired) electrons. The molecule has 1 amide bonds. The summed E-state index contributed by atoms with van der Waals surface area (Å²) in [6, 6.07) is -0.634. The number of hydrogen-bond donors (Lipinski definition) is 3. The minimum atomic E-state index is -0.850. The predicted molar refractivity (Wildman–Crippen MR) is 292 cm³/mol. The van der Waals surface area contributed by atoms with Gasteiger partial charge < -0.3 is 20.3 Å². The van der Waals surface area contributed by atoms with E-state index in [0.29, 0.717) is 19.4 Å². The Morgan fingerprint density at radius 1 is 0.418 bits per heavy atom. The largest absolute Gasteiger partial charge is 0.466 e.